The van der Waals surface area contributed by atoms with Crippen molar-refractivity contribution in [2.75, 3.05) is 5.32 Å². The zero-order chi connectivity index (χ0) is 11.4. The number of hydrogen-bond donors (Lipinski definition) is 1. The van der Waals surface area contributed by atoms with Crippen LogP contribution in [-0.4, -0.2) is 6.04 Å². The third-order valence-corrected chi connectivity index (χ3v) is 4.34. The Labute approximate surface area is 101 Å². The Morgan fingerprint density at radius 3 is 2.29 bits per heavy atom. The number of hydrogen-bond acceptors (Lipinski definition) is 1. The van der Waals surface area contributed by atoms with Crippen molar-refractivity contribution >= 4 is 5.69 Å². The van der Waals surface area contributed by atoms with Crippen LogP contribution in [0.5, 0.6) is 0 Å². The molecule has 0 bridgehead atoms. The fourth-order valence-electron chi connectivity index (χ4n) is 3.53. The van der Waals surface area contributed by atoms with Crippen molar-refractivity contribution in [2.24, 2.45) is 0 Å². The van der Waals surface area contributed by atoms with Gasteiger partial charge in [-0.1, -0.05) is 49.4 Å². The van der Waals surface area contributed by atoms with Gasteiger partial charge in [0.1, 0.15) is 0 Å². The summed E-state index contributed by atoms with van der Waals surface area (Å²) < 4.78 is 0. The number of para-hydroxylation sites is 1. The number of benzene rings is 2. The van der Waals surface area contributed by atoms with E-state index in [0.717, 1.165) is 0 Å². The molecule has 3 atom stereocenters. The molecule has 84 valence electrons. The predicted molar refractivity (Wildman–Crippen MR) is 70.6 cm³/mol. The van der Waals surface area contributed by atoms with Gasteiger partial charge in [0, 0.05) is 23.6 Å². The minimum absolute atomic E-state index is 0.546. The highest BCUT2D eigenvalue weighted by Crippen LogP contribution is 2.51. The van der Waals surface area contributed by atoms with E-state index < -0.39 is 0 Å². The summed E-state index contributed by atoms with van der Waals surface area (Å²) in [6, 6.07) is 18.2. The van der Waals surface area contributed by atoms with Crippen LogP contribution in [0.2, 0.25) is 0 Å². The summed E-state index contributed by atoms with van der Waals surface area (Å²) in [6.07, 6.45) is 0. The second-order valence-corrected chi connectivity index (χ2v) is 5.15. The molecule has 0 fully saturated rings. The zero-order valence-electron chi connectivity index (χ0n) is 9.85. The normalized spacial score (nSPS) is 28.2. The molecule has 2 aliphatic rings. The van der Waals surface area contributed by atoms with Crippen LogP contribution < -0.4 is 5.32 Å². The predicted octanol–water partition coefficient (Wildman–Crippen LogP) is 3.73. The molecule has 0 saturated heterocycles. The summed E-state index contributed by atoms with van der Waals surface area (Å²) in [4.78, 5) is 0. The first-order valence-corrected chi connectivity index (χ1v) is 6.30. The van der Waals surface area contributed by atoms with E-state index in [1.54, 1.807) is 0 Å². The molecule has 1 heteroatoms. The number of anilines is 1. The number of rotatable bonds is 0. The van der Waals surface area contributed by atoms with Crippen LogP contribution in [0.15, 0.2) is 48.5 Å². The molecular weight excluding hydrogens is 206 g/mol. The third kappa shape index (κ3) is 1.09. The molecule has 3 unspecified atom stereocenters. The van der Waals surface area contributed by atoms with Gasteiger partial charge in [0.15, 0.2) is 0 Å². The number of nitrogens with one attached hydrogen (secondary N) is 1. The Bertz CT molecular complexity index is 588. The van der Waals surface area contributed by atoms with Crippen LogP contribution in [0.25, 0.3) is 0 Å². The Morgan fingerprint density at radius 2 is 1.47 bits per heavy atom. The Morgan fingerprint density at radius 1 is 0.824 bits per heavy atom. The quantitative estimate of drug-likeness (QED) is 0.714. The minimum atomic E-state index is 0.546. The lowest BCUT2D eigenvalue weighted by molar-refractivity contribution is 0.629. The molecule has 1 heterocycles. The van der Waals surface area contributed by atoms with E-state index in [2.05, 4.69) is 60.8 Å². The van der Waals surface area contributed by atoms with Gasteiger partial charge in [-0.3, -0.25) is 0 Å². The first-order valence-electron chi connectivity index (χ1n) is 6.30. The van der Waals surface area contributed by atoms with E-state index in [1.165, 1.54) is 22.4 Å². The molecule has 0 spiro atoms. The van der Waals surface area contributed by atoms with Crippen molar-refractivity contribution in [1.29, 1.82) is 0 Å². The maximum atomic E-state index is 3.69. The average molecular weight is 221 g/mol. The molecule has 0 aromatic heterocycles. The van der Waals surface area contributed by atoms with Gasteiger partial charge >= 0.3 is 0 Å². The standard InChI is InChI=1S/C16H15N/c1-10-11-6-2-3-7-12(11)15-13-8-4-5-9-14(13)17-16(10)15/h2-10,15-17H,1H3. The average Bonchev–Trinajstić information content (AvgIpc) is 2.88. The summed E-state index contributed by atoms with van der Waals surface area (Å²) >= 11 is 0. The molecule has 1 aliphatic heterocycles. The molecule has 2 aromatic rings. The van der Waals surface area contributed by atoms with E-state index in [4.69, 9.17) is 0 Å². The molecule has 0 radical (unpaired) electrons. The highest BCUT2D eigenvalue weighted by Gasteiger charge is 2.43. The summed E-state index contributed by atoms with van der Waals surface area (Å²) in [5.41, 5.74) is 5.82. The summed E-state index contributed by atoms with van der Waals surface area (Å²) in [5, 5.41) is 3.69. The second kappa shape index (κ2) is 3.13. The molecule has 1 aliphatic carbocycles. The van der Waals surface area contributed by atoms with Crippen molar-refractivity contribution in [2.45, 2.75) is 24.8 Å². The van der Waals surface area contributed by atoms with Gasteiger partial charge in [-0.25, -0.2) is 0 Å². The van der Waals surface area contributed by atoms with E-state index in [0.29, 0.717) is 17.9 Å². The number of fused-ring (bicyclic) bond motifs is 5. The van der Waals surface area contributed by atoms with E-state index in [9.17, 15) is 0 Å². The Kier molecular flexibility index (Phi) is 1.71. The van der Waals surface area contributed by atoms with Crippen LogP contribution in [0.4, 0.5) is 5.69 Å². The summed E-state index contributed by atoms with van der Waals surface area (Å²) in [7, 11) is 0. The highest BCUT2D eigenvalue weighted by atomic mass is 15.0. The molecule has 2 aromatic carbocycles. The van der Waals surface area contributed by atoms with Crippen molar-refractivity contribution in [3.05, 3.63) is 65.2 Å². The van der Waals surface area contributed by atoms with Gasteiger partial charge in [0.2, 0.25) is 0 Å². The third-order valence-electron chi connectivity index (χ3n) is 4.34. The van der Waals surface area contributed by atoms with Gasteiger partial charge in [-0.15, -0.1) is 0 Å². The highest BCUT2D eigenvalue weighted by molar-refractivity contribution is 5.66. The van der Waals surface area contributed by atoms with Crippen molar-refractivity contribution < 1.29 is 0 Å². The van der Waals surface area contributed by atoms with Gasteiger partial charge in [-0.2, -0.15) is 0 Å². The molecule has 0 saturated carbocycles. The van der Waals surface area contributed by atoms with Gasteiger partial charge in [0.25, 0.3) is 0 Å². The molecule has 4 rings (SSSR count). The zero-order valence-corrected chi connectivity index (χ0v) is 9.85. The Balaban J connectivity index is 1.95. The fraction of sp³-hybridized carbons (Fsp3) is 0.250. The molecule has 17 heavy (non-hydrogen) atoms. The van der Waals surface area contributed by atoms with E-state index in [1.807, 2.05) is 0 Å². The topological polar surface area (TPSA) is 12.0 Å². The lowest BCUT2D eigenvalue weighted by Gasteiger charge is -2.15. The lowest BCUT2D eigenvalue weighted by atomic mass is 9.92. The first-order chi connectivity index (χ1) is 8.36. The van der Waals surface area contributed by atoms with Gasteiger partial charge in [-0.05, 0) is 22.8 Å². The van der Waals surface area contributed by atoms with Crippen molar-refractivity contribution in [1.82, 2.24) is 0 Å². The largest absolute Gasteiger partial charge is 0.381 e. The van der Waals surface area contributed by atoms with Crippen LogP contribution in [0.1, 0.15) is 35.4 Å². The van der Waals surface area contributed by atoms with Crippen LogP contribution in [0, 0.1) is 0 Å². The molecular formula is C16H15N. The molecule has 1 N–H and O–H groups in total. The minimum Gasteiger partial charge on any atom is -0.381 e. The lowest BCUT2D eigenvalue weighted by Crippen LogP contribution is -2.20. The molecule has 0 amide bonds. The summed E-state index contributed by atoms with van der Waals surface area (Å²) in [5.74, 6) is 1.15. The maximum Gasteiger partial charge on any atom is 0.0437 e. The van der Waals surface area contributed by atoms with Crippen LogP contribution in [-0.2, 0) is 0 Å². The smallest absolute Gasteiger partial charge is 0.0437 e. The monoisotopic (exact) mass is 221 g/mol. The molecule has 1 nitrogen and oxygen atoms in total. The van der Waals surface area contributed by atoms with Gasteiger partial charge in [0.05, 0.1) is 0 Å². The fourth-order valence-corrected chi connectivity index (χ4v) is 3.53. The van der Waals surface area contributed by atoms with Crippen LogP contribution >= 0.6 is 0 Å². The van der Waals surface area contributed by atoms with Crippen molar-refractivity contribution in [3.8, 4) is 0 Å². The van der Waals surface area contributed by atoms with E-state index >= 15 is 0 Å². The maximum absolute atomic E-state index is 3.69. The van der Waals surface area contributed by atoms with E-state index in [-0.39, 0.29) is 0 Å². The summed E-state index contributed by atoms with van der Waals surface area (Å²) in [6.45, 7) is 2.34. The second-order valence-electron chi connectivity index (χ2n) is 5.15. The van der Waals surface area contributed by atoms with Crippen molar-refractivity contribution in [3.63, 3.8) is 0 Å². The van der Waals surface area contributed by atoms with Crippen LogP contribution in [0.3, 0.4) is 0 Å². The Hall–Kier alpha value is -1.76. The SMILES string of the molecule is CC1c2ccccc2C2c3ccccc3NC12. The first kappa shape index (κ1) is 9.29. The van der Waals surface area contributed by atoms with Gasteiger partial charge < -0.3 is 5.32 Å².